The summed E-state index contributed by atoms with van der Waals surface area (Å²) >= 11 is 0. The van der Waals surface area contributed by atoms with Crippen LogP contribution in [-0.4, -0.2) is 62.9 Å². The molecule has 3 rings (SSSR count). The number of piperazine rings is 1. The van der Waals surface area contributed by atoms with Crippen molar-refractivity contribution in [3.05, 3.63) is 54.1 Å². The highest BCUT2D eigenvalue weighted by molar-refractivity contribution is 7.89. The van der Waals surface area contributed by atoms with E-state index >= 15 is 0 Å². The van der Waals surface area contributed by atoms with Crippen molar-refractivity contribution < 1.29 is 17.9 Å². The second-order valence-corrected chi connectivity index (χ2v) is 9.98. The largest absolute Gasteiger partial charge is 0.483 e. The highest BCUT2D eigenvalue weighted by atomic mass is 32.2. The topological polar surface area (TPSA) is 78.9 Å². The summed E-state index contributed by atoms with van der Waals surface area (Å²) < 4.78 is 33.0. The first kappa shape index (κ1) is 24.2. The van der Waals surface area contributed by atoms with Gasteiger partial charge in [0.25, 0.3) is 5.91 Å². The van der Waals surface area contributed by atoms with Gasteiger partial charge in [0.2, 0.25) is 10.0 Å². The standard InChI is InChI=1S/C24H33N3O4S/c1-4-19(3)22-8-6-7-9-23(22)31-18-24(28)25-20-10-12-21(13-11-20)32(29,30)27-16-14-26(5-2)15-17-27/h6-13,19H,4-5,14-18H2,1-3H3,(H,25,28). The van der Waals surface area contributed by atoms with Crippen molar-refractivity contribution in [3.63, 3.8) is 0 Å². The van der Waals surface area contributed by atoms with Crippen molar-refractivity contribution in [2.24, 2.45) is 0 Å². The Kier molecular flexibility index (Phi) is 8.28. The van der Waals surface area contributed by atoms with Crippen molar-refractivity contribution in [1.29, 1.82) is 0 Å². The molecule has 2 aromatic carbocycles. The van der Waals surface area contributed by atoms with Crippen LogP contribution in [0.5, 0.6) is 5.75 Å². The minimum Gasteiger partial charge on any atom is -0.483 e. The second-order valence-electron chi connectivity index (χ2n) is 8.05. The van der Waals surface area contributed by atoms with E-state index in [-0.39, 0.29) is 17.4 Å². The number of nitrogens with zero attached hydrogens (tertiary/aromatic N) is 2. The lowest BCUT2D eigenvalue weighted by Crippen LogP contribution is -2.48. The van der Waals surface area contributed by atoms with Gasteiger partial charge in [-0.15, -0.1) is 0 Å². The highest BCUT2D eigenvalue weighted by Crippen LogP contribution is 2.28. The smallest absolute Gasteiger partial charge is 0.262 e. The Hall–Kier alpha value is -2.42. The number of carbonyl (C=O) groups is 1. The molecule has 8 heteroatoms. The van der Waals surface area contributed by atoms with E-state index in [1.165, 1.54) is 16.4 Å². The number of hydrogen-bond donors (Lipinski definition) is 1. The minimum absolute atomic E-state index is 0.116. The van der Waals surface area contributed by atoms with Crippen molar-refractivity contribution in [2.75, 3.05) is 44.6 Å². The zero-order chi connectivity index (χ0) is 23.1. The number of sulfonamides is 1. The summed E-state index contributed by atoms with van der Waals surface area (Å²) in [5, 5.41) is 2.77. The average Bonchev–Trinajstić information content (AvgIpc) is 2.82. The fourth-order valence-electron chi connectivity index (χ4n) is 3.72. The van der Waals surface area contributed by atoms with Gasteiger partial charge in [-0.1, -0.05) is 39.0 Å². The van der Waals surface area contributed by atoms with Gasteiger partial charge in [0.05, 0.1) is 4.90 Å². The van der Waals surface area contributed by atoms with Gasteiger partial charge in [0.1, 0.15) is 5.75 Å². The van der Waals surface area contributed by atoms with E-state index in [1.807, 2.05) is 24.3 Å². The van der Waals surface area contributed by atoms with Crippen molar-refractivity contribution in [2.45, 2.75) is 38.0 Å². The Balaban J connectivity index is 1.57. The maximum Gasteiger partial charge on any atom is 0.262 e. The fourth-order valence-corrected chi connectivity index (χ4v) is 5.15. The predicted octanol–water partition coefficient (Wildman–Crippen LogP) is 3.54. The van der Waals surface area contributed by atoms with Crippen LogP contribution < -0.4 is 10.1 Å². The predicted molar refractivity (Wildman–Crippen MR) is 127 cm³/mol. The lowest BCUT2D eigenvalue weighted by atomic mass is 9.98. The lowest BCUT2D eigenvalue weighted by Gasteiger charge is -2.33. The monoisotopic (exact) mass is 459 g/mol. The van der Waals surface area contributed by atoms with Gasteiger partial charge in [-0.05, 0) is 54.8 Å². The molecule has 0 saturated carbocycles. The molecule has 1 unspecified atom stereocenters. The summed E-state index contributed by atoms with van der Waals surface area (Å²) in [6.07, 6.45) is 0.982. The third-order valence-electron chi connectivity index (χ3n) is 5.98. The van der Waals surface area contributed by atoms with Crippen molar-refractivity contribution in [1.82, 2.24) is 9.21 Å². The first-order valence-corrected chi connectivity index (χ1v) is 12.6. The van der Waals surface area contributed by atoms with E-state index in [1.54, 1.807) is 12.1 Å². The maximum atomic E-state index is 12.9. The molecule has 32 heavy (non-hydrogen) atoms. The molecule has 1 heterocycles. The van der Waals surface area contributed by atoms with E-state index < -0.39 is 10.0 Å². The molecule has 2 aromatic rings. The number of anilines is 1. The molecule has 0 spiro atoms. The Labute approximate surface area is 191 Å². The Morgan fingerprint density at radius 2 is 1.69 bits per heavy atom. The van der Waals surface area contributed by atoms with Gasteiger partial charge in [-0.2, -0.15) is 4.31 Å². The number of likely N-dealkylation sites (N-methyl/N-ethyl adjacent to an activating group) is 1. The van der Waals surface area contributed by atoms with E-state index in [0.29, 0.717) is 30.4 Å². The number of rotatable bonds is 9. The molecule has 0 aromatic heterocycles. The van der Waals surface area contributed by atoms with Gasteiger partial charge < -0.3 is 15.0 Å². The summed E-state index contributed by atoms with van der Waals surface area (Å²) in [6, 6.07) is 14.0. The molecule has 0 aliphatic carbocycles. The van der Waals surface area contributed by atoms with Crippen LogP contribution in [-0.2, 0) is 14.8 Å². The van der Waals surface area contributed by atoms with E-state index in [2.05, 4.69) is 31.0 Å². The Morgan fingerprint density at radius 1 is 1.03 bits per heavy atom. The molecular weight excluding hydrogens is 426 g/mol. The van der Waals surface area contributed by atoms with Crippen molar-refractivity contribution >= 4 is 21.6 Å². The number of nitrogens with one attached hydrogen (secondary N) is 1. The minimum atomic E-state index is -3.53. The van der Waals surface area contributed by atoms with Gasteiger partial charge >= 0.3 is 0 Å². The fraction of sp³-hybridized carbons (Fsp3) is 0.458. The lowest BCUT2D eigenvalue weighted by molar-refractivity contribution is -0.118. The third kappa shape index (κ3) is 5.88. The molecule has 7 nitrogen and oxygen atoms in total. The highest BCUT2D eigenvalue weighted by Gasteiger charge is 2.27. The molecule has 1 aliphatic heterocycles. The molecule has 0 bridgehead atoms. The molecule has 174 valence electrons. The zero-order valence-electron chi connectivity index (χ0n) is 19.1. The van der Waals surface area contributed by atoms with E-state index in [4.69, 9.17) is 4.74 Å². The third-order valence-corrected chi connectivity index (χ3v) is 7.89. The summed E-state index contributed by atoms with van der Waals surface area (Å²) in [4.78, 5) is 14.8. The average molecular weight is 460 g/mol. The Morgan fingerprint density at radius 3 is 2.31 bits per heavy atom. The van der Waals surface area contributed by atoms with Crippen LogP contribution in [0.1, 0.15) is 38.7 Å². The number of hydrogen-bond acceptors (Lipinski definition) is 5. The van der Waals surface area contributed by atoms with Crippen LogP contribution >= 0.6 is 0 Å². The van der Waals surface area contributed by atoms with Gasteiger partial charge in [0, 0.05) is 31.9 Å². The van der Waals surface area contributed by atoms with Gasteiger partial charge in [-0.3, -0.25) is 4.79 Å². The molecular formula is C24H33N3O4S. The quantitative estimate of drug-likeness (QED) is 0.621. The molecule has 0 radical (unpaired) electrons. The zero-order valence-corrected chi connectivity index (χ0v) is 19.9. The number of benzene rings is 2. The molecule has 1 fully saturated rings. The summed E-state index contributed by atoms with van der Waals surface area (Å²) in [5.74, 6) is 0.755. The first-order valence-electron chi connectivity index (χ1n) is 11.2. The van der Waals surface area contributed by atoms with E-state index in [9.17, 15) is 13.2 Å². The number of para-hydroxylation sites is 1. The Bertz CT molecular complexity index is 1000. The molecule has 1 amide bonds. The van der Waals surface area contributed by atoms with Gasteiger partial charge in [0.15, 0.2) is 6.61 Å². The van der Waals surface area contributed by atoms with Crippen LogP contribution in [0.2, 0.25) is 0 Å². The summed E-state index contributed by atoms with van der Waals surface area (Å²) in [7, 11) is -3.53. The second kappa shape index (κ2) is 10.9. The SMILES string of the molecule is CCC(C)c1ccccc1OCC(=O)Nc1ccc(S(=O)(=O)N2CCN(CC)CC2)cc1. The number of amides is 1. The molecule has 1 N–H and O–H groups in total. The maximum absolute atomic E-state index is 12.9. The first-order chi connectivity index (χ1) is 15.3. The van der Waals surface area contributed by atoms with Crippen LogP contribution in [0.3, 0.4) is 0 Å². The molecule has 1 saturated heterocycles. The summed E-state index contributed by atoms with van der Waals surface area (Å²) in [5.41, 5.74) is 1.61. The summed E-state index contributed by atoms with van der Waals surface area (Å²) in [6.45, 7) is 9.59. The normalized spacial score (nSPS) is 16.5. The van der Waals surface area contributed by atoms with Crippen LogP contribution in [0.25, 0.3) is 0 Å². The molecule has 1 atom stereocenters. The van der Waals surface area contributed by atoms with Crippen molar-refractivity contribution in [3.8, 4) is 5.75 Å². The molecule has 1 aliphatic rings. The van der Waals surface area contributed by atoms with Crippen LogP contribution in [0.15, 0.2) is 53.4 Å². The van der Waals surface area contributed by atoms with Gasteiger partial charge in [-0.25, -0.2) is 8.42 Å². The van der Waals surface area contributed by atoms with Crippen LogP contribution in [0, 0.1) is 0 Å². The number of ether oxygens (including phenoxy) is 1. The van der Waals surface area contributed by atoms with E-state index in [0.717, 1.165) is 31.6 Å². The van der Waals surface area contributed by atoms with Crippen LogP contribution in [0.4, 0.5) is 5.69 Å². The number of carbonyl (C=O) groups excluding carboxylic acids is 1.